The highest BCUT2D eigenvalue weighted by molar-refractivity contribution is 5.98. The second kappa shape index (κ2) is 6.61. The number of hydrogen-bond donors (Lipinski definition) is 3. The maximum absolute atomic E-state index is 12.5. The van der Waals surface area contributed by atoms with E-state index < -0.39 is 5.54 Å². The zero-order valence-electron chi connectivity index (χ0n) is 14.7. The Morgan fingerprint density at radius 2 is 2.00 bits per heavy atom. The van der Waals surface area contributed by atoms with Crippen molar-refractivity contribution in [1.82, 2.24) is 20.4 Å². The molecule has 24 heavy (non-hydrogen) atoms. The Labute approximate surface area is 143 Å². The predicted octanol–water partition coefficient (Wildman–Crippen LogP) is 1.50. The van der Waals surface area contributed by atoms with Gasteiger partial charge in [-0.3, -0.25) is 15.1 Å². The van der Waals surface area contributed by atoms with Crippen molar-refractivity contribution in [3.63, 3.8) is 0 Å². The standard InChI is InChI=1S/C17H29N5O2/c1-17(10-14(23)21(2)15(18)20-17)12-6-5-9-22(11-12)16(24)19-13-7-3-4-8-13/h12-13H,3-11H2,1-2H3,(H2,18,20)(H,19,24)/t12?,17-/m0/s1. The molecule has 134 valence electrons. The largest absolute Gasteiger partial charge is 0.350 e. The van der Waals surface area contributed by atoms with E-state index in [0.29, 0.717) is 19.0 Å². The number of rotatable bonds is 2. The summed E-state index contributed by atoms with van der Waals surface area (Å²) in [6, 6.07) is 0.356. The third-order valence-electron chi connectivity index (χ3n) is 5.92. The molecule has 1 unspecified atom stereocenters. The molecule has 1 aliphatic carbocycles. The molecule has 0 spiro atoms. The molecule has 7 heteroatoms. The first-order chi connectivity index (χ1) is 11.4. The highest BCUT2D eigenvalue weighted by atomic mass is 16.2. The van der Waals surface area contributed by atoms with Gasteiger partial charge in [-0.2, -0.15) is 0 Å². The second-order valence-electron chi connectivity index (χ2n) is 7.74. The number of urea groups is 1. The van der Waals surface area contributed by atoms with Crippen LogP contribution in [0, 0.1) is 11.3 Å². The number of guanidine groups is 1. The fraction of sp³-hybridized carbons (Fsp3) is 0.824. The van der Waals surface area contributed by atoms with Crippen LogP contribution in [0.15, 0.2) is 0 Å². The summed E-state index contributed by atoms with van der Waals surface area (Å²) in [7, 11) is 1.62. The molecule has 3 aliphatic rings. The Bertz CT molecular complexity index is 511. The maximum Gasteiger partial charge on any atom is 0.317 e. The number of hydrogen-bond acceptors (Lipinski definition) is 3. The summed E-state index contributed by atoms with van der Waals surface area (Å²) in [6.07, 6.45) is 6.86. The molecule has 3 amide bonds. The SMILES string of the molecule is CN1C(=N)N[C@](C)(C2CCCN(C(=O)NC3CCCC3)C2)CC1=O. The van der Waals surface area contributed by atoms with Crippen LogP contribution in [-0.2, 0) is 4.79 Å². The molecule has 0 aromatic rings. The third-order valence-corrected chi connectivity index (χ3v) is 5.92. The van der Waals surface area contributed by atoms with Crippen molar-refractivity contribution in [2.75, 3.05) is 20.1 Å². The van der Waals surface area contributed by atoms with Crippen LogP contribution < -0.4 is 10.6 Å². The van der Waals surface area contributed by atoms with Gasteiger partial charge in [0.25, 0.3) is 0 Å². The molecule has 2 aliphatic heterocycles. The van der Waals surface area contributed by atoms with Gasteiger partial charge in [0, 0.05) is 26.2 Å². The van der Waals surface area contributed by atoms with E-state index in [1.54, 1.807) is 7.05 Å². The average molecular weight is 335 g/mol. The van der Waals surface area contributed by atoms with Crippen LogP contribution >= 0.6 is 0 Å². The summed E-state index contributed by atoms with van der Waals surface area (Å²) in [5.74, 6) is 0.300. The first-order valence-corrected chi connectivity index (χ1v) is 9.08. The minimum Gasteiger partial charge on any atom is -0.350 e. The zero-order chi connectivity index (χ0) is 17.3. The smallest absolute Gasteiger partial charge is 0.317 e. The predicted molar refractivity (Wildman–Crippen MR) is 91.7 cm³/mol. The Kier molecular flexibility index (Phi) is 4.69. The fourth-order valence-corrected chi connectivity index (χ4v) is 4.22. The van der Waals surface area contributed by atoms with Crippen molar-refractivity contribution in [3.05, 3.63) is 0 Å². The summed E-state index contributed by atoms with van der Waals surface area (Å²) < 4.78 is 0. The van der Waals surface area contributed by atoms with Gasteiger partial charge in [0.15, 0.2) is 5.96 Å². The number of likely N-dealkylation sites (tertiary alicyclic amines) is 1. The lowest BCUT2D eigenvalue weighted by Gasteiger charge is -2.47. The minimum absolute atomic E-state index is 0.0320. The topological polar surface area (TPSA) is 88.5 Å². The molecule has 3 rings (SSSR count). The molecule has 7 nitrogen and oxygen atoms in total. The Morgan fingerprint density at radius 1 is 1.29 bits per heavy atom. The summed E-state index contributed by atoms with van der Waals surface area (Å²) >= 11 is 0. The van der Waals surface area contributed by atoms with Gasteiger partial charge in [-0.1, -0.05) is 12.8 Å². The molecule has 0 aromatic carbocycles. The van der Waals surface area contributed by atoms with Gasteiger partial charge in [0.05, 0.1) is 12.0 Å². The van der Waals surface area contributed by atoms with E-state index in [-0.39, 0.29) is 23.8 Å². The van der Waals surface area contributed by atoms with E-state index in [2.05, 4.69) is 10.6 Å². The highest BCUT2D eigenvalue weighted by Crippen LogP contribution is 2.32. The second-order valence-corrected chi connectivity index (χ2v) is 7.74. The summed E-state index contributed by atoms with van der Waals surface area (Å²) in [5.41, 5.74) is -0.451. The van der Waals surface area contributed by atoms with Gasteiger partial charge in [0.2, 0.25) is 5.91 Å². The lowest BCUT2D eigenvalue weighted by atomic mass is 9.76. The van der Waals surface area contributed by atoms with Crippen LogP contribution in [0.3, 0.4) is 0 Å². The Balaban J connectivity index is 1.63. The average Bonchev–Trinajstić information content (AvgIpc) is 3.05. The zero-order valence-corrected chi connectivity index (χ0v) is 14.7. The molecular weight excluding hydrogens is 306 g/mol. The molecule has 0 radical (unpaired) electrons. The molecule has 3 fully saturated rings. The lowest BCUT2D eigenvalue weighted by Crippen LogP contribution is -2.65. The normalized spacial score (nSPS) is 32.0. The number of nitrogens with one attached hydrogen (secondary N) is 3. The van der Waals surface area contributed by atoms with Crippen molar-refractivity contribution < 1.29 is 9.59 Å². The third kappa shape index (κ3) is 3.35. The number of carbonyl (C=O) groups is 2. The van der Waals surface area contributed by atoms with Gasteiger partial charge in [0.1, 0.15) is 0 Å². The number of amides is 3. The van der Waals surface area contributed by atoms with Crippen molar-refractivity contribution in [3.8, 4) is 0 Å². The number of nitrogens with zero attached hydrogens (tertiary/aromatic N) is 2. The molecule has 1 saturated carbocycles. The van der Waals surface area contributed by atoms with E-state index in [0.717, 1.165) is 32.2 Å². The highest BCUT2D eigenvalue weighted by Gasteiger charge is 2.44. The van der Waals surface area contributed by atoms with E-state index in [1.165, 1.54) is 17.7 Å². The summed E-state index contributed by atoms with van der Waals surface area (Å²) in [5, 5.41) is 14.3. The minimum atomic E-state index is -0.451. The quantitative estimate of drug-likeness (QED) is 0.714. The molecule has 3 N–H and O–H groups in total. The maximum atomic E-state index is 12.5. The van der Waals surface area contributed by atoms with Crippen LogP contribution in [-0.4, -0.2) is 59.4 Å². The van der Waals surface area contributed by atoms with Gasteiger partial charge in [-0.25, -0.2) is 4.79 Å². The molecule has 2 saturated heterocycles. The fourth-order valence-electron chi connectivity index (χ4n) is 4.22. The summed E-state index contributed by atoms with van der Waals surface area (Å²) in [4.78, 5) is 28.0. The Hall–Kier alpha value is -1.79. The molecule has 2 heterocycles. The molecular formula is C17H29N5O2. The van der Waals surface area contributed by atoms with Gasteiger partial charge >= 0.3 is 6.03 Å². The van der Waals surface area contributed by atoms with E-state index in [9.17, 15) is 9.59 Å². The van der Waals surface area contributed by atoms with Gasteiger partial charge in [-0.15, -0.1) is 0 Å². The number of carbonyl (C=O) groups excluding carboxylic acids is 2. The number of piperidine rings is 1. The monoisotopic (exact) mass is 335 g/mol. The van der Waals surface area contributed by atoms with E-state index in [1.807, 2.05) is 11.8 Å². The van der Waals surface area contributed by atoms with Crippen LogP contribution in [0.5, 0.6) is 0 Å². The van der Waals surface area contributed by atoms with Crippen molar-refractivity contribution in [2.45, 2.75) is 63.5 Å². The van der Waals surface area contributed by atoms with Crippen LogP contribution in [0.2, 0.25) is 0 Å². The molecule has 2 atom stereocenters. The van der Waals surface area contributed by atoms with Crippen LogP contribution in [0.1, 0.15) is 51.9 Å². The van der Waals surface area contributed by atoms with Gasteiger partial charge < -0.3 is 15.5 Å². The first kappa shape index (κ1) is 17.0. The van der Waals surface area contributed by atoms with Gasteiger partial charge in [-0.05, 0) is 38.5 Å². The van der Waals surface area contributed by atoms with E-state index in [4.69, 9.17) is 5.41 Å². The van der Waals surface area contributed by atoms with Crippen molar-refractivity contribution >= 4 is 17.9 Å². The molecule has 0 bridgehead atoms. The lowest BCUT2D eigenvalue weighted by molar-refractivity contribution is -0.130. The van der Waals surface area contributed by atoms with Crippen LogP contribution in [0.4, 0.5) is 4.79 Å². The first-order valence-electron chi connectivity index (χ1n) is 9.08. The Morgan fingerprint density at radius 3 is 2.67 bits per heavy atom. The van der Waals surface area contributed by atoms with Crippen molar-refractivity contribution in [2.24, 2.45) is 5.92 Å². The van der Waals surface area contributed by atoms with Crippen molar-refractivity contribution in [1.29, 1.82) is 5.41 Å². The summed E-state index contributed by atoms with van der Waals surface area (Å²) in [6.45, 7) is 3.43. The van der Waals surface area contributed by atoms with E-state index >= 15 is 0 Å². The van der Waals surface area contributed by atoms with Crippen LogP contribution in [0.25, 0.3) is 0 Å². The molecule has 0 aromatic heterocycles.